The van der Waals surface area contributed by atoms with Crippen LogP contribution in [-0.4, -0.2) is 23.7 Å². The summed E-state index contributed by atoms with van der Waals surface area (Å²) in [5, 5.41) is 8.33. The summed E-state index contributed by atoms with van der Waals surface area (Å²) in [4.78, 5) is 11.1. The molecular formula is C101H71N5. The maximum atomic E-state index is 5.63. The van der Waals surface area contributed by atoms with Gasteiger partial charge in [0.1, 0.15) is 0 Å². The topological polar surface area (TPSA) is 40.6 Å². The molecule has 0 atom stereocenters. The van der Waals surface area contributed by atoms with Crippen molar-refractivity contribution in [3.8, 4) is 106 Å². The highest BCUT2D eigenvalue weighted by Crippen LogP contribution is 2.54. The molecule has 19 aromatic rings. The predicted molar refractivity (Wildman–Crippen MR) is 442 cm³/mol. The highest BCUT2D eigenvalue weighted by Gasteiger charge is 2.39. The van der Waals surface area contributed by atoms with E-state index in [2.05, 4.69) is 377 Å². The van der Waals surface area contributed by atoms with E-state index in [4.69, 9.17) is 9.97 Å². The van der Waals surface area contributed by atoms with Crippen LogP contribution in [0.25, 0.3) is 183 Å². The summed E-state index contributed by atoms with van der Waals surface area (Å²) >= 11 is 0. The van der Waals surface area contributed by atoms with Gasteiger partial charge in [-0.1, -0.05) is 260 Å². The summed E-state index contributed by atoms with van der Waals surface area (Å²) in [6.45, 7) is 14.2. The molecule has 0 N–H and O–H groups in total. The minimum absolute atomic E-state index is 0.103. The van der Waals surface area contributed by atoms with Crippen molar-refractivity contribution in [1.82, 2.24) is 23.7 Å². The molecule has 0 bridgehead atoms. The standard InChI is InChI=1S/C101H71N5/c1-99(2)84-25-13-7-19-71(84)74-46-43-68(57-87(74)99)104-91-28-16-10-22-77(91)80-53-64(40-50-94(80)104)60-31-35-62(36-32-60)97-83-56-66(67-42-52-96-82(55-67)79-24-12-18-30-93(79)106(96)70-45-48-76-73-21-9-15-27-86(73)101(5,6)89(76)59-70)39-49-90(83)102-98(103-97)63-37-33-61(34-38-63)65-41-51-95-81(54-65)78-23-11-17-29-92(78)105(95)69-44-47-75-72-20-8-14-26-85(72)100(3,4)88(75)58-69/h7-59H,1-6H3. The second kappa shape index (κ2) is 22.0. The van der Waals surface area contributed by atoms with Crippen LogP contribution in [0.4, 0.5) is 0 Å². The number of rotatable bonds is 8. The lowest BCUT2D eigenvalue weighted by atomic mass is 9.82. The van der Waals surface area contributed by atoms with Crippen molar-refractivity contribution in [3.63, 3.8) is 0 Å². The van der Waals surface area contributed by atoms with Crippen LogP contribution >= 0.6 is 0 Å². The van der Waals surface area contributed by atoms with Gasteiger partial charge in [-0.15, -0.1) is 0 Å². The number of benzene rings is 15. The average Bonchev–Trinajstić information content (AvgIpc) is 1.35. The second-order valence-corrected chi connectivity index (χ2v) is 31.2. The predicted octanol–water partition coefficient (Wildman–Crippen LogP) is 26.2. The summed E-state index contributed by atoms with van der Waals surface area (Å²) < 4.78 is 7.36. The smallest absolute Gasteiger partial charge is 0.160 e. The van der Waals surface area contributed by atoms with Crippen molar-refractivity contribution in [1.29, 1.82) is 0 Å². The van der Waals surface area contributed by atoms with Crippen molar-refractivity contribution in [2.45, 2.75) is 57.8 Å². The van der Waals surface area contributed by atoms with Crippen LogP contribution < -0.4 is 0 Å². The zero-order valence-electron chi connectivity index (χ0n) is 59.8. The molecule has 0 saturated carbocycles. The molecule has 5 heteroatoms. The van der Waals surface area contributed by atoms with Gasteiger partial charge in [0.2, 0.25) is 0 Å². The highest BCUT2D eigenvalue weighted by atomic mass is 15.0. The summed E-state index contributed by atoms with van der Waals surface area (Å²) in [6, 6.07) is 120. The fraction of sp³-hybridized carbons (Fsp3) is 0.0891. The molecule has 0 fully saturated rings. The first-order chi connectivity index (χ1) is 51.8. The molecular weight excluding hydrogens is 1280 g/mol. The largest absolute Gasteiger partial charge is 0.309 e. The fourth-order valence-electron chi connectivity index (χ4n) is 19.1. The Balaban J connectivity index is 0.643. The zero-order valence-corrected chi connectivity index (χ0v) is 59.8. The molecule has 4 heterocycles. The maximum absolute atomic E-state index is 5.63. The van der Waals surface area contributed by atoms with Gasteiger partial charge in [-0.2, -0.15) is 0 Å². The van der Waals surface area contributed by atoms with Gasteiger partial charge in [0, 0.05) is 82.1 Å². The molecule has 3 aliphatic rings. The van der Waals surface area contributed by atoms with Gasteiger partial charge in [-0.25, -0.2) is 9.97 Å². The van der Waals surface area contributed by atoms with E-state index in [0.29, 0.717) is 5.82 Å². The van der Waals surface area contributed by atoms with E-state index < -0.39 is 0 Å². The van der Waals surface area contributed by atoms with Crippen molar-refractivity contribution >= 4 is 76.3 Å². The van der Waals surface area contributed by atoms with Gasteiger partial charge in [-0.3, -0.25) is 0 Å². The zero-order chi connectivity index (χ0) is 70.6. The van der Waals surface area contributed by atoms with E-state index in [1.165, 1.54) is 149 Å². The minimum Gasteiger partial charge on any atom is -0.309 e. The first-order valence-corrected chi connectivity index (χ1v) is 37.2. The summed E-state index contributed by atoms with van der Waals surface area (Å²) in [5.74, 6) is 0.677. The van der Waals surface area contributed by atoms with Crippen LogP contribution in [-0.2, 0) is 16.2 Å². The van der Waals surface area contributed by atoms with E-state index in [0.717, 1.165) is 61.1 Å². The van der Waals surface area contributed by atoms with Gasteiger partial charge in [0.05, 0.1) is 44.3 Å². The van der Waals surface area contributed by atoms with Crippen LogP contribution in [0.1, 0.15) is 74.9 Å². The summed E-state index contributed by atoms with van der Waals surface area (Å²) in [7, 11) is 0. The van der Waals surface area contributed by atoms with Crippen molar-refractivity contribution in [3.05, 3.63) is 355 Å². The molecule has 0 spiro atoms. The quantitative estimate of drug-likeness (QED) is 0.152. The van der Waals surface area contributed by atoms with Gasteiger partial charge in [-0.05, 0) is 203 Å². The monoisotopic (exact) mass is 1350 g/mol. The Morgan fingerprint density at radius 3 is 0.896 bits per heavy atom. The molecule has 0 radical (unpaired) electrons. The van der Waals surface area contributed by atoms with E-state index in [1.54, 1.807) is 0 Å². The van der Waals surface area contributed by atoms with Gasteiger partial charge >= 0.3 is 0 Å². The Hall–Kier alpha value is -13.0. The summed E-state index contributed by atoms with van der Waals surface area (Å²) in [5.41, 5.74) is 37.1. The molecule has 0 unspecified atom stereocenters. The third-order valence-corrected chi connectivity index (χ3v) is 24.5. The third kappa shape index (κ3) is 8.65. The molecule has 106 heavy (non-hydrogen) atoms. The Bertz CT molecular complexity index is 7030. The molecule has 3 aliphatic carbocycles. The molecule has 5 nitrogen and oxygen atoms in total. The van der Waals surface area contributed by atoms with Crippen molar-refractivity contribution in [2.75, 3.05) is 0 Å². The van der Waals surface area contributed by atoms with Gasteiger partial charge in [0.15, 0.2) is 5.82 Å². The lowest BCUT2D eigenvalue weighted by Crippen LogP contribution is -2.15. The minimum atomic E-state index is -0.117. The second-order valence-electron chi connectivity index (χ2n) is 31.2. The van der Waals surface area contributed by atoms with Gasteiger partial charge in [0.25, 0.3) is 0 Å². The molecule has 4 aromatic heterocycles. The first-order valence-electron chi connectivity index (χ1n) is 37.2. The number of hydrogen-bond acceptors (Lipinski definition) is 2. The number of aromatic nitrogens is 5. The normalized spacial score (nSPS) is 14.2. The highest BCUT2D eigenvalue weighted by molar-refractivity contribution is 6.14. The number of hydrogen-bond donors (Lipinski definition) is 0. The van der Waals surface area contributed by atoms with E-state index in [-0.39, 0.29) is 16.2 Å². The Morgan fingerprint density at radius 1 is 0.208 bits per heavy atom. The van der Waals surface area contributed by atoms with Crippen molar-refractivity contribution < 1.29 is 0 Å². The lowest BCUT2D eigenvalue weighted by molar-refractivity contribution is 0.660. The Morgan fingerprint density at radius 2 is 0.500 bits per heavy atom. The van der Waals surface area contributed by atoms with Crippen LogP contribution in [0.5, 0.6) is 0 Å². The average molecular weight is 1350 g/mol. The first kappa shape index (κ1) is 60.6. The Kier molecular flexibility index (Phi) is 12.6. The maximum Gasteiger partial charge on any atom is 0.160 e. The fourth-order valence-corrected chi connectivity index (χ4v) is 19.1. The molecule has 0 aliphatic heterocycles. The van der Waals surface area contributed by atoms with Crippen LogP contribution in [0.2, 0.25) is 0 Å². The van der Waals surface area contributed by atoms with Crippen molar-refractivity contribution in [2.24, 2.45) is 0 Å². The van der Waals surface area contributed by atoms with E-state index in [9.17, 15) is 0 Å². The SMILES string of the molecule is CC1(C)c2ccccc2-c2ccc(-n3c4ccccc4c4cc(-c5ccc(-c6nc(-c7ccc(-c8ccc9c(c8)c8ccccc8n9-c8ccc9c(c8)C(C)(C)c8ccccc8-9)cc7)c7cc(-c8ccc9c(c8)c8ccccc8n9-c8ccc9c(c8)C(C)(C)c8ccccc8-9)ccc7n6)cc5)ccc43)cc21. The Labute approximate surface area is 615 Å². The number of para-hydroxylation sites is 3. The van der Waals surface area contributed by atoms with Gasteiger partial charge < -0.3 is 13.7 Å². The van der Waals surface area contributed by atoms with E-state index in [1.807, 2.05) is 0 Å². The molecule has 0 amide bonds. The number of nitrogens with zero attached hydrogens (tertiary/aromatic N) is 5. The lowest BCUT2D eigenvalue weighted by Gasteiger charge is -2.22. The molecule has 0 saturated heterocycles. The van der Waals surface area contributed by atoms with Crippen LogP contribution in [0.3, 0.4) is 0 Å². The molecule has 22 rings (SSSR count). The molecule has 15 aromatic carbocycles. The summed E-state index contributed by atoms with van der Waals surface area (Å²) in [6.07, 6.45) is 0. The van der Waals surface area contributed by atoms with E-state index >= 15 is 0 Å². The third-order valence-electron chi connectivity index (χ3n) is 24.5. The van der Waals surface area contributed by atoms with Crippen LogP contribution in [0, 0.1) is 0 Å². The van der Waals surface area contributed by atoms with Crippen LogP contribution in [0.15, 0.2) is 322 Å². The number of fused-ring (bicyclic) bond motifs is 19. The molecule has 500 valence electrons.